The molecule has 4 fully saturated rings. The molecule has 1 aromatic heterocycles. The summed E-state index contributed by atoms with van der Waals surface area (Å²) in [7, 11) is 0. The summed E-state index contributed by atoms with van der Waals surface area (Å²) in [4.78, 5) is 0. The molecule has 0 spiro atoms. The minimum atomic E-state index is -0.607. The molecule has 0 amide bonds. The molecule has 148 valence electrons. The molecule has 6 rings (SSSR count). The first-order chi connectivity index (χ1) is 13.7. The topological polar surface area (TPSA) is 35.3 Å². The first kappa shape index (κ1) is 17.1. The van der Waals surface area contributed by atoms with E-state index in [-0.39, 0.29) is 17.4 Å². The Hall–Kier alpha value is -1.75. The Morgan fingerprint density at radius 3 is 2.57 bits per heavy atom. The Bertz CT molecular complexity index is 882. The van der Waals surface area contributed by atoms with E-state index in [1.54, 1.807) is 0 Å². The second kappa shape index (κ2) is 6.38. The molecule has 2 unspecified atom stereocenters. The molecule has 0 N–H and O–H groups in total. The van der Waals surface area contributed by atoms with E-state index in [1.807, 2.05) is 0 Å². The van der Waals surface area contributed by atoms with Gasteiger partial charge in [-0.1, -0.05) is 11.2 Å². The average molecular weight is 385 g/mol. The summed E-state index contributed by atoms with van der Waals surface area (Å²) in [5.74, 6) is 3.38. The number of halogens is 2. The van der Waals surface area contributed by atoms with E-state index in [9.17, 15) is 8.78 Å². The molecule has 3 nitrogen and oxygen atoms in total. The van der Waals surface area contributed by atoms with Crippen LogP contribution in [0.25, 0.3) is 11.3 Å². The molecule has 4 aliphatic carbocycles. The highest BCUT2D eigenvalue weighted by molar-refractivity contribution is 5.65. The fourth-order valence-corrected chi connectivity index (χ4v) is 6.15. The van der Waals surface area contributed by atoms with Gasteiger partial charge in [-0.3, -0.25) is 0 Å². The van der Waals surface area contributed by atoms with E-state index in [1.165, 1.54) is 37.5 Å². The molecule has 4 aliphatic rings. The van der Waals surface area contributed by atoms with Crippen LogP contribution in [-0.4, -0.2) is 11.3 Å². The lowest BCUT2D eigenvalue weighted by atomic mass is 9.64. The van der Waals surface area contributed by atoms with Crippen molar-refractivity contribution in [1.82, 2.24) is 5.16 Å². The van der Waals surface area contributed by atoms with Crippen LogP contribution in [-0.2, 0) is 11.3 Å². The lowest BCUT2D eigenvalue weighted by Gasteiger charge is -2.42. The highest BCUT2D eigenvalue weighted by Crippen LogP contribution is 2.58. The normalized spacial score (nSPS) is 33.6. The number of nitrogens with zero attached hydrogens (tertiary/aromatic N) is 1. The van der Waals surface area contributed by atoms with Gasteiger partial charge in [0.15, 0.2) is 0 Å². The number of ether oxygens (including phenoxy) is 1. The third-order valence-electron chi connectivity index (χ3n) is 7.65. The van der Waals surface area contributed by atoms with Gasteiger partial charge in [-0.2, -0.15) is 0 Å². The summed E-state index contributed by atoms with van der Waals surface area (Å²) < 4.78 is 40.7. The molecule has 0 saturated heterocycles. The lowest BCUT2D eigenvalue weighted by Crippen LogP contribution is -2.35. The summed E-state index contributed by atoms with van der Waals surface area (Å²) in [5, 5.41) is 4.08. The zero-order valence-electron chi connectivity index (χ0n) is 15.9. The van der Waals surface area contributed by atoms with Gasteiger partial charge in [0, 0.05) is 11.5 Å². The van der Waals surface area contributed by atoms with E-state index >= 15 is 0 Å². The molecule has 28 heavy (non-hydrogen) atoms. The van der Waals surface area contributed by atoms with Crippen LogP contribution < -0.4 is 0 Å². The minimum absolute atomic E-state index is 0.0986. The van der Waals surface area contributed by atoms with Crippen LogP contribution in [0, 0.1) is 35.3 Å². The first-order valence-corrected chi connectivity index (χ1v) is 10.7. The van der Waals surface area contributed by atoms with Crippen molar-refractivity contribution in [2.45, 2.75) is 63.6 Å². The summed E-state index contributed by atoms with van der Waals surface area (Å²) in [6.45, 7) is 0.330. The summed E-state index contributed by atoms with van der Waals surface area (Å²) in [6, 6.07) is 3.91. The van der Waals surface area contributed by atoms with Crippen molar-refractivity contribution in [2.24, 2.45) is 23.7 Å². The van der Waals surface area contributed by atoms with Crippen LogP contribution in [0.1, 0.15) is 62.2 Å². The third-order valence-corrected chi connectivity index (χ3v) is 7.65. The number of rotatable bonds is 5. The first-order valence-electron chi connectivity index (χ1n) is 10.7. The number of hydrogen-bond donors (Lipinski definition) is 0. The van der Waals surface area contributed by atoms with Crippen molar-refractivity contribution in [3.8, 4) is 11.3 Å². The molecule has 2 aromatic rings. The van der Waals surface area contributed by atoms with Crippen LogP contribution in [0.15, 0.2) is 22.7 Å². The van der Waals surface area contributed by atoms with E-state index < -0.39 is 11.6 Å². The molecule has 2 bridgehead atoms. The quantitative estimate of drug-likeness (QED) is 0.649. The van der Waals surface area contributed by atoms with Crippen molar-refractivity contribution in [3.05, 3.63) is 41.2 Å². The Kier molecular flexibility index (Phi) is 3.90. The molecular weight excluding hydrogens is 360 g/mol. The van der Waals surface area contributed by atoms with E-state index in [2.05, 4.69) is 5.16 Å². The molecule has 4 saturated carbocycles. The van der Waals surface area contributed by atoms with Gasteiger partial charge in [0.05, 0.1) is 18.3 Å². The predicted octanol–water partition coefficient (Wildman–Crippen LogP) is 5.84. The number of benzene rings is 1. The fraction of sp³-hybridized carbons (Fsp3) is 0.609. The maximum atomic E-state index is 14.4. The average Bonchev–Trinajstić information content (AvgIpc) is 3.35. The zero-order valence-corrected chi connectivity index (χ0v) is 15.9. The van der Waals surface area contributed by atoms with Gasteiger partial charge in [-0.15, -0.1) is 0 Å². The Labute approximate surface area is 163 Å². The Balaban J connectivity index is 1.27. The van der Waals surface area contributed by atoms with Crippen molar-refractivity contribution >= 4 is 0 Å². The van der Waals surface area contributed by atoms with E-state index in [0.717, 1.165) is 60.7 Å². The van der Waals surface area contributed by atoms with Crippen LogP contribution in [0.4, 0.5) is 8.78 Å². The van der Waals surface area contributed by atoms with Crippen molar-refractivity contribution in [1.29, 1.82) is 0 Å². The summed E-state index contributed by atoms with van der Waals surface area (Å²) in [6.07, 6.45) is 8.68. The zero-order chi connectivity index (χ0) is 18.8. The Morgan fingerprint density at radius 2 is 1.79 bits per heavy atom. The maximum Gasteiger partial charge on any atom is 0.145 e. The standard InChI is InChI=1S/C23H25F2NO2/c24-19-2-1-3-20(25)21(19)22-18(23(28-26-22)13-4-5-13)11-27-16-7-12-6-14-9-15(10-16)17(14)8-12/h1-3,12-17H,4-11H2/t12-,14?,15+,16+,17?/m1/s1. The monoisotopic (exact) mass is 385 g/mol. The predicted molar refractivity (Wildman–Crippen MR) is 99.5 cm³/mol. The molecule has 5 heteroatoms. The van der Waals surface area contributed by atoms with Gasteiger partial charge in [-0.05, 0) is 80.8 Å². The van der Waals surface area contributed by atoms with Crippen molar-refractivity contribution in [2.75, 3.05) is 0 Å². The van der Waals surface area contributed by atoms with Gasteiger partial charge in [0.1, 0.15) is 23.1 Å². The highest BCUT2D eigenvalue weighted by Gasteiger charge is 2.50. The SMILES string of the molecule is Fc1cccc(F)c1-c1noc(C2CC2)c1CO[C@H]1C[C@H]2CC3C[C@@H](C1)C3C2. The van der Waals surface area contributed by atoms with Crippen LogP contribution in [0.2, 0.25) is 0 Å². The van der Waals surface area contributed by atoms with Crippen LogP contribution in [0.3, 0.4) is 0 Å². The van der Waals surface area contributed by atoms with Gasteiger partial charge >= 0.3 is 0 Å². The number of hydrogen-bond acceptors (Lipinski definition) is 3. The molecule has 0 radical (unpaired) electrons. The molecule has 1 aromatic carbocycles. The summed E-state index contributed by atoms with van der Waals surface area (Å²) in [5.41, 5.74) is 0.919. The molecule has 1 heterocycles. The minimum Gasteiger partial charge on any atom is -0.373 e. The molecule has 0 aliphatic heterocycles. The molecular formula is C23H25F2NO2. The molecule has 5 atom stereocenters. The van der Waals surface area contributed by atoms with Gasteiger partial charge < -0.3 is 9.26 Å². The van der Waals surface area contributed by atoms with E-state index in [4.69, 9.17) is 9.26 Å². The fourth-order valence-electron chi connectivity index (χ4n) is 6.15. The number of aromatic nitrogens is 1. The van der Waals surface area contributed by atoms with Crippen molar-refractivity contribution < 1.29 is 18.0 Å². The second-order valence-corrected chi connectivity index (χ2v) is 9.41. The van der Waals surface area contributed by atoms with Crippen molar-refractivity contribution in [3.63, 3.8) is 0 Å². The lowest BCUT2D eigenvalue weighted by molar-refractivity contribution is -0.0206. The summed E-state index contributed by atoms with van der Waals surface area (Å²) >= 11 is 0. The van der Waals surface area contributed by atoms with Gasteiger partial charge in [0.2, 0.25) is 0 Å². The largest absolute Gasteiger partial charge is 0.373 e. The number of fused-ring (bicyclic) bond motifs is 1. The highest BCUT2D eigenvalue weighted by atomic mass is 19.1. The Morgan fingerprint density at radius 1 is 1.00 bits per heavy atom. The third kappa shape index (κ3) is 2.73. The van der Waals surface area contributed by atoms with E-state index in [0.29, 0.717) is 12.5 Å². The van der Waals surface area contributed by atoms with Gasteiger partial charge in [0.25, 0.3) is 0 Å². The van der Waals surface area contributed by atoms with Crippen LogP contribution >= 0.6 is 0 Å². The maximum absolute atomic E-state index is 14.4. The van der Waals surface area contributed by atoms with Gasteiger partial charge in [-0.25, -0.2) is 8.78 Å². The second-order valence-electron chi connectivity index (χ2n) is 9.41. The van der Waals surface area contributed by atoms with Crippen LogP contribution in [0.5, 0.6) is 0 Å². The smallest absolute Gasteiger partial charge is 0.145 e.